The van der Waals surface area contributed by atoms with Crippen LogP contribution in [-0.4, -0.2) is 14.2 Å². The second-order valence-electron chi connectivity index (χ2n) is 4.71. The molecule has 0 N–H and O–H groups in total. The van der Waals surface area contributed by atoms with Crippen LogP contribution in [0, 0.1) is 5.92 Å². The van der Waals surface area contributed by atoms with Gasteiger partial charge in [-0.05, 0) is 37.3 Å². The summed E-state index contributed by atoms with van der Waals surface area (Å²) in [6.45, 7) is 2.25. The summed E-state index contributed by atoms with van der Waals surface area (Å²) in [5, 5.41) is 0.0209. The van der Waals surface area contributed by atoms with Crippen molar-refractivity contribution in [2.45, 2.75) is 31.6 Å². The molecule has 1 aliphatic rings. The minimum absolute atomic E-state index is 0.0209. The van der Waals surface area contributed by atoms with Crippen molar-refractivity contribution in [3.05, 3.63) is 23.3 Å². The van der Waals surface area contributed by atoms with Gasteiger partial charge in [0.05, 0.1) is 19.6 Å². The topological polar surface area (TPSA) is 18.5 Å². The summed E-state index contributed by atoms with van der Waals surface area (Å²) in [4.78, 5) is 0. The Bertz CT molecular complexity index is 403. The van der Waals surface area contributed by atoms with E-state index in [1.165, 1.54) is 5.56 Å². The summed E-state index contributed by atoms with van der Waals surface area (Å²) in [5.74, 6) is 2.45. The molecule has 2 rings (SSSR count). The molecular weight excluding hydrogens is 236 g/mol. The molecule has 0 aromatic heterocycles. The van der Waals surface area contributed by atoms with Crippen LogP contribution in [0.1, 0.15) is 36.3 Å². The van der Waals surface area contributed by atoms with Gasteiger partial charge in [-0.2, -0.15) is 0 Å². The van der Waals surface area contributed by atoms with Crippen LogP contribution in [0.4, 0.5) is 0 Å². The van der Waals surface area contributed by atoms with Crippen LogP contribution in [0.3, 0.4) is 0 Å². The molecule has 0 heterocycles. The van der Waals surface area contributed by atoms with E-state index in [-0.39, 0.29) is 5.38 Å². The lowest BCUT2D eigenvalue weighted by molar-refractivity contribution is 0.394. The number of methoxy groups -OCH3 is 2. The highest BCUT2D eigenvalue weighted by Gasteiger charge is 2.26. The largest absolute Gasteiger partial charge is 0.496 e. The fraction of sp³-hybridized carbons (Fsp3) is 0.571. The van der Waals surface area contributed by atoms with E-state index in [1.54, 1.807) is 14.2 Å². The SMILES string of the molecule is COc1ccc(OC)c2c1CCC(C)CC2Cl. The molecule has 1 aliphatic carbocycles. The first-order chi connectivity index (χ1) is 8.17. The summed E-state index contributed by atoms with van der Waals surface area (Å²) in [5.41, 5.74) is 2.34. The summed E-state index contributed by atoms with van der Waals surface area (Å²) in [7, 11) is 3.40. The molecule has 17 heavy (non-hydrogen) atoms. The monoisotopic (exact) mass is 254 g/mol. The van der Waals surface area contributed by atoms with Crippen LogP contribution in [0.15, 0.2) is 12.1 Å². The predicted octanol–water partition coefficient (Wildman–Crippen LogP) is 3.96. The van der Waals surface area contributed by atoms with Crippen molar-refractivity contribution >= 4 is 11.6 Å². The summed E-state index contributed by atoms with van der Waals surface area (Å²) in [6.07, 6.45) is 3.16. The van der Waals surface area contributed by atoms with Crippen molar-refractivity contribution in [1.82, 2.24) is 0 Å². The number of benzene rings is 1. The van der Waals surface area contributed by atoms with Gasteiger partial charge in [-0.1, -0.05) is 6.92 Å². The van der Waals surface area contributed by atoms with Gasteiger partial charge in [-0.3, -0.25) is 0 Å². The smallest absolute Gasteiger partial charge is 0.124 e. The zero-order chi connectivity index (χ0) is 12.4. The molecule has 1 aromatic carbocycles. The second kappa shape index (κ2) is 5.18. The number of ether oxygens (including phenoxy) is 2. The molecule has 0 bridgehead atoms. The van der Waals surface area contributed by atoms with Gasteiger partial charge in [0, 0.05) is 11.1 Å². The van der Waals surface area contributed by atoms with Crippen LogP contribution >= 0.6 is 11.6 Å². The zero-order valence-electron chi connectivity index (χ0n) is 10.6. The number of rotatable bonds is 2. The van der Waals surface area contributed by atoms with Gasteiger partial charge in [-0.25, -0.2) is 0 Å². The highest BCUT2D eigenvalue weighted by atomic mass is 35.5. The Hall–Kier alpha value is -0.890. The van der Waals surface area contributed by atoms with Gasteiger partial charge in [0.2, 0.25) is 0 Å². The van der Waals surface area contributed by atoms with Crippen molar-refractivity contribution in [1.29, 1.82) is 0 Å². The molecule has 2 nitrogen and oxygen atoms in total. The lowest BCUT2D eigenvalue weighted by atomic mass is 10.0. The summed E-state index contributed by atoms with van der Waals surface area (Å²) in [6, 6.07) is 3.92. The van der Waals surface area contributed by atoms with E-state index in [1.807, 2.05) is 12.1 Å². The lowest BCUT2D eigenvalue weighted by Gasteiger charge is -2.18. The molecule has 2 atom stereocenters. The molecule has 1 aromatic rings. The van der Waals surface area contributed by atoms with E-state index in [4.69, 9.17) is 21.1 Å². The molecule has 0 aliphatic heterocycles. The third kappa shape index (κ3) is 2.37. The molecule has 0 fully saturated rings. The fourth-order valence-electron chi connectivity index (χ4n) is 2.57. The van der Waals surface area contributed by atoms with Gasteiger partial charge >= 0.3 is 0 Å². The molecule has 0 amide bonds. The average Bonchev–Trinajstić information content (AvgIpc) is 2.48. The highest BCUT2D eigenvalue weighted by molar-refractivity contribution is 6.21. The molecule has 3 heteroatoms. The Morgan fingerprint density at radius 3 is 2.47 bits per heavy atom. The first kappa shape index (κ1) is 12.6. The number of halogens is 1. The van der Waals surface area contributed by atoms with Gasteiger partial charge in [0.15, 0.2) is 0 Å². The molecule has 0 spiro atoms. The van der Waals surface area contributed by atoms with Crippen molar-refractivity contribution in [2.75, 3.05) is 14.2 Å². The second-order valence-corrected chi connectivity index (χ2v) is 5.24. The minimum Gasteiger partial charge on any atom is -0.496 e. The van der Waals surface area contributed by atoms with E-state index in [0.29, 0.717) is 5.92 Å². The maximum absolute atomic E-state index is 6.52. The van der Waals surface area contributed by atoms with Crippen molar-refractivity contribution in [3.8, 4) is 11.5 Å². The van der Waals surface area contributed by atoms with E-state index < -0.39 is 0 Å². The third-order valence-corrected chi connectivity index (χ3v) is 3.92. The average molecular weight is 255 g/mol. The van der Waals surface area contributed by atoms with Gasteiger partial charge in [0.25, 0.3) is 0 Å². The van der Waals surface area contributed by atoms with E-state index >= 15 is 0 Å². The van der Waals surface area contributed by atoms with Crippen molar-refractivity contribution in [2.24, 2.45) is 5.92 Å². The fourth-order valence-corrected chi connectivity index (χ4v) is 3.12. The van der Waals surface area contributed by atoms with Gasteiger partial charge < -0.3 is 9.47 Å². The number of hydrogen-bond donors (Lipinski definition) is 0. The number of fused-ring (bicyclic) bond motifs is 1. The third-order valence-electron chi connectivity index (χ3n) is 3.52. The first-order valence-corrected chi connectivity index (χ1v) is 6.48. The predicted molar refractivity (Wildman–Crippen MR) is 70.2 cm³/mol. The molecular formula is C14H19ClO2. The van der Waals surface area contributed by atoms with Crippen LogP contribution < -0.4 is 9.47 Å². The molecule has 94 valence electrons. The van der Waals surface area contributed by atoms with Crippen LogP contribution in [0.2, 0.25) is 0 Å². The van der Waals surface area contributed by atoms with Crippen LogP contribution in [-0.2, 0) is 6.42 Å². The standard InChI is InChI=1S/C14H19ClO2/c1-9-4-5-10-12(16-2)6-7-13(17-3)14(10)11(15)8-9/h6-7,9,11H,4-5,8H2,1-3H3. The van der Waals surface area contributed by atoms with Crippen LogP contribution in [0.5, 0.6) is 11.5 Å². The normalized spacial score (nSPS) is 23.8. The molecule has 2 unspecified atom stereocenters. The Morgan fingerprint density at radius 1 is 1.18 bits per heavy atom. The maximum Gasteiger partial charge on any atom is 0.124 e. The molecule has 0 saturated heterocycles. The first-order valence-electron chi connectivity index (χ1n) is 6.05. The molecule has 0 radical (unpaired) electrons. The van der Waals surface area contributed by atoms with Crippen molar-refractivity contribution < 1.29 is 9.47 Å². The lowest BCUT2D eigenvalue weighted by Crippen LogP contribution is -2.01. The van der Waals surface area contributed by atoms with E-state index in [9.17, 15) is 0 Å². The highest BCUT2D eigenvalue weighted by Crippen LogP contribution is 2.44. The summed E-state index contributed by atoms with van der Waals surface area (Å²) >= 11 is 6.52. The minimum atomic E-state index is 0.0209. The Morgan fingerprint density at radius 2 is 1.82 bits per heavy atom. The Balaban J connectivity index is 2.54. The number of alkyl halides is 1. The Kier molecular flexibility index (Phi) is 3.82. The maximum atomic E-state index is 6.52. The van der Waals surface area contributed by atoms with Crippen molar-refractivity contribution in [3.63, 3.8) is 0 Å². The van der Waals surface area contributed by atoms with Gasteiger partial charge in [-0.15, -0.1) is 11.6 Å². The Labute approximate surface area is 108 Å². The summed E-state index contributed by atoms with van der Waals surface area (Å²) < 4.78 is 10.9. The van der Waals surface area contributed by atoms with Gasteiger partial charge in [0.1, 0.15) is 11.5 Å². The van der Waals surface area contributed by atoms with E-state index in [0.717, 1.165) is 36.3 Å². The molecule has 0 saturated carbocycles. The number of hydrogen-bond acceptors (Lipinski definition) is 2. The zero-order valence-corrected chi connectivity index (χ0v) is 11.4. The van der Waals surface area contributed by atoms with E-state index in [2.05, 4.69) is 6.92 Å². The quantitative estimate of drug-likeness (QED) is 0.588. The van der Waals surface area contributed by atoms with Crippen LogP contribution in [0.25, 0.3) is 0 Å².